The van der Waals surface area contributed by atoms with E-state index in [0.717, 1.165) is 11.3 Å². The molecule has 2 N–H and O–H groups in total. The van der Waals surface area contributed by atoms with Crippen molar-refractivity contribution in [2.75, 3.05) is 6.54 Å². The summed E-state index contributed by atoms with van der Waals surface area (Å²) in [4.78, 5) is 17.5. The fourth-order valence-corrected chi connectivity index (χ4v) is 2.87. The summed E-state index contributed by atoms with van der Waals surface area (Å²) in [6.07, 6.45) is 4.21. The molecule has 0 saturated heterocycles. The molecule has 25 heavy (non-hydrogen) atoms. The topological polar surface area (TPSA) is 70.9 Å². The molecule has 0 unspecified atom stereocenters. The Morgan fingerprint density at radius 1 is 1.40 bits per heavy atom. The molecule has 1 amide bonds. The quantitative estimate of drug-likeness (QED) is 0.663. The van der Waals surface area contributed by atoms with Crippen LogP contribution < -0.4 is 5.32 Å². The van der Waals surface area contributed by atoms with Gasteiger partial charge in [0.15, 0.2) is 0 Å². The highest BCUT2D eigenvalue weighted by molar-refractivity contribution is 6.31. The van der Waals surface area contributed by atoms with Gasteiger partial charge in [0.2, 0.25) is 6.10 Å². The van der Waals surface area contributed by atoms with Crippen LogP contribution in [0.3, 0.4) is 0 Å². The van der Waals surface area contributed by atoms with Crippen LogP contribution in [0.15, 0.2) is 54.7 Å². The van der Waals surface area contributed by atoms with Crippen molar-refractivity contribution in [3.63, 3.8) is 0 Å². The number of rotatable bonds is 9. The Labute approximate surface area is 153 Å². The zero-order valence-electron chi connectivity index (χ0n) is 14.1. The lowest BCUT2D eigenvalue weighted by atomic mass is 9.95. The van der Waals surface area contributed by atoms with E-state index in [0.29, 0.717) is 30.7 Å². The summed E-state index contributed by atoms with van der Waals surface area (Å²) in [5, 5.41) is 17.8. The van der Waals surface area contributed by atoms with E-state index in [2.05, 4.69) is 23.6 Å². The number of carbonyl (C=O) groups excluding carboxylic acids is 1. The fraction of sp³-hybridized carbons (Fsp3) is 0.368. The maximum absolute atomic E-state index is 12.3. The minimum Gasteiger partial charge on any atom is -0.387 e. The average molecular weight is 363 g/mol. The second kappa shape index (κ2) is 8.83. The second-order valence-electron chi connectivity index (χ2n) is 6.15. The van der Waals surface area contributed by atoms with Gasteiger partial charge >= 0.3 is 0 Å². The lowest BCUT2D eigenvalue weighted by molar-refractivity contribution is -0.132. The molecule has 5 nitrogen and oxygen atoms in total. The van der Waals surface area contributed by atoms with Crippen LogP contribution >= 0.6 is 11.6 Å². The number of nitrogens with zero attached hydrogens (tertiary/aromatic N) is 1. The maximum atomic E-state index is 12.3. The predicted octanol–water partition coefficient (Wildman–Crippen LogP) is 3.03. The number of benzene rings is 1. The highest BCUT2D eigenvalue weighted by Crippen LogP contribution is 2.21. The third kappa shape index (κ3) is 5.44. The van der Waals surface area contributed by atoms with E-state index in [1.807, 2.05) is 24.3 Å². The first-order valence-electron chi connectivity index (χ1n) is 8.14. The van der Waals surface area contributed by atoms with Crippen LogP contribution in [0.25, 0.3) is 0 Å². The number of aliphatic hydroxyl groups is 1. The normalized spacial score (nSPS) is 16.7. The Balaban J connectivity index is 1.86. The zero-order chi connectivity index (χ0) is 18.3. The summed E-state index contributed by atoms with van der Waals surface area (Å²) in [6.45, 7) is 7.36. The average Bonchev–Trinajstić information content (AvgIpc) is 3.04. The molecule has 134 valence electrons. The Hall–Kier alpha value is -2.11. The zero-order valence-corrected chi connectivity index (χ0v) is 14.8. The van der Waals surface area contributed by atoms with Crippen molar-refractivity contribution in [2.45, 2.75) is 37.4 Å². The van der Waals surface area contributed by atoms with Gasteiger partial charge < -0.3 is 15.3 Å². The van der Waals surface area contributed by atoms with Crippen molar-refractivity contribution < 1.29 is 14.7 Å². The molecule has 1 aromatic carbocycles. The van der Waals surface area contributed by atoms with E-state index >= 15 is 0 Å². The lowest BCUT2D eigenvalue weighted by Gasteiger charge is -2.26. The smallest absolute Gasteiger partial charge is 0.264 e. The Bertz CT molecular complexity index is 662. The standard InChI is InChI=1S/C19H23ClN2O3/c1-3-9-19(24,10-4-2)13-21-18(23)17-12-15(22-25-17)11-14-7-5-6-8-16(14)20/h3-8,17,24H,1-2,9-13H2,(H,21,23)/t17-/m0/s1. The first-order chi connectivity index (χ1) is 12.0. The van der Waals surface area contributed by atoms with Gasteiger partial charge in [0.05, 0.1) is 11.3 Å². The van der Waals surface area contributed by atoms with Gasteiger partial charge in [-0.1, -0.05) is 47.1 Å². The summed E-state index contributed by atoms with van der Waals surface area (Å²) in [5.41, 5.74) is 0.624. The van der Waals surface area contributed by atoms with E-state index in [1.54, 1.807) is 12.2 Å². The minimum atomic E-state index is -1.08. The van der Waals surface area contributed by atoms with Crippen molar-refractivity contribution in [3.05, 3.63) is 60.2 Å². The molecule has 0 bridgehead atoms. The Kier molecular flexibility index (Phi) is 6.79. The van der Waals surface area contributed by atoms with Crippen LogP contribution in [0.4, 0.5) is 0 Å². The third-order valence-electron chi connectivity index (χ3n) is 4.02. The van der Waals surface area contributed by atoms with Gasteiger partial charge in [-0.05, 0) is 24.5 Å². The minimum absolute atomic E-state index is 0.101. The van der Waals surface area contributed by atoms with Gasteiger partial charge in [0.1, 0.15) is 0 Å². The fourth-order valence-electron chi connectivity index (χ4n) is 2.66. The monoisotopic (exact) mass is 362 g/mol. The molecule has 1 aromatic rings. The van der Waals surface area contributed by atoms with E-state index in [9.17, 15) is 9.90 Å². The largest absolute Gasteiger partial charge is 0.387 e. The van der Waals surface area contributed by atoms with Gasteiger partial charge in [-0.25, -0.2) is 0 Å². The number of carbonyl (C=O) groups is 1. The first kappa shape index (κ1) is 19.2. The molecular formula is C19H23ClN2O3. The number of hydrogen-bond acceptors (Lipinski definition) is 4. The van der Waals surface area contributed by atoms with Crippen molar-refractivity contribution in [1.82, 2.24) is 5.32 Å². The third-order valence-corrected chi connectivity index (χ3v) is 4.38. The summed E-state index contributed by atoms with van der Waals surface area (Å²) in [7, 11) is 0. The molecule has 1 aliphatic heterocycles. The molecule has 0 aromatic heterocycles. The highest BCUT2D eigenvalue weighted by atomic mass is 35.5. The van der Waals surface area contributed by atoms with Gasteiger partial charge in [0, 0.05) is 24.4 Å². The van der Waals surface area contributed by atoms with Crippen LogP contribution in [-0.4, -0.2) is 35.0 Å². The van der Waals surface area contributed by atoms with Crippen LogP contribution in [0.2, 0.25) is 5.02 Å². The van der Waals surface area contributed by atoms with Crippen molar-refractivity contribution in [3.8, 4) is 0 Å². The van der Waals surface area contributed by atoms with Crippen LogP contribution in [-0.2, 0) is 16.1 Å². The molecule has 0 spiro atoms. The molecule has 1 aliphatic rings. The molecule has 0 fully saturated rings. The van der Waals surface area contributed by atoms with E-state index in [4.69, 9.17) is 16.4 Å². The summed E-state index contributed by atoms with van der Waals surface area (Å²) >= 11 is 6.14. The molecule has 0 radical (unpaired) electrons. The summed E-state index contributed by atoms with van der Waals surface area (Å²) < 4.78 is 0. The number of nitrogens with one attached hydrogen (secondary N) is 1. The van der Waals surface area contributed by atoms with Gasteiger partial charge in [0.25, 0.3) is 5.91 Å². The van der Waals surface area contributed by atoms with Crippen molar-refractivity contribution in [1.29, 1.82) is 0 Å². The molecule has 1 atom stereocenters. The lowest BCUT2D eigenvalue weighted by Crippen LogP contribution is -2.45. The SMILES string of the molecule is C=CCC(O)(CC=C)CNC(=O)[C@@H]1CC(Cc2ccccc2Cl)=NO1. The Morgan fingerprint density at radius 3 is 2.72 bits per heavy atom. The van der Waals surface area contributed by atoms with Crippen LogP contribution in [0, 0.1) is 0 Å². The summed E-state index contributed by atoms with van der Waals surface area (Å²) in [6, 6.07) is 7.50. The molecular weight excluding hydrogens is 340 g/mol. The van der Waals surface area contributed by atoms with Crippen LogP contribution in [0.5, 0.6) is 0 Å². The number of halogens is 1. The number of amides is 1. The highest BCUT2D eigenvalue weighted by Gasteiger charge is 2.31. The Morgan fingerprint density at radius 2 is 2.08 bits per heavy atom. The van der Waals surface area contributed by atoms with Gasteiger partial charge in [-0.3, -0.25) is 4.79 Å². The molecule has 6 heteroatoms. The molecule has 0 aliphatic carbocycles. The van der Waals surface area contributed by atoms with E-state index < -0.39 is 11.7 Å². The van der Waals surface area contributed by atoms with Crippen LogP contribution in [0.1, 0.15) is 24.8 Å². The van der Waals surface area contributed by atoms with E-state index in [1.165, 1.54) is 0 Å². The maximum Gasteiger partial charge on any atom is 0.264 e. The molecule has 1 heterocycles. The number of hydrogen-bond donors (Lipinski definition) is 2. The number of oxime groups is 1. The van der Waals surface area contributed by atoms with Gasteiger partial charge in [-0.2, -0.15) is 0 Å². The summed E-state index contributed by atoms with van der Waals surface area (Å²) in [5.74, 6) is -0.301. The van der Waals surface area contributed by atoms with Crippen molar-refractivity contribution >= 4 is 23.2 Å². The van der Waals surface area contributed by atoms with E-state index in [-0.39, 0.29) is 12.5 Å². The van der Waals surface area contributed by atoms with Gasteiger partial charge in [-0.15, -0.1) is 13.2 Å². The van der Waals surface area contributed by atoms with Crippen molar-refractivity contribution in [2.24, 2.45) is 5.16 Å². The molecule has 0 saturated carbocycles. The molecule has 2 rings (SSSR count). The second-order valence-corrected chi connectivity index (χ2v) is 6.56. The predicted molar refractivity (Wildman–Crippen MR) is 99.7 cm³/mol. The first-order valence-corrected chi connectivity index (χ1v) is 8.52.